The van der Waals surface area contributed by atoms with Gasteiger partial charge in [-0.05, 0) is 12.0 Å². The van der Waals surface area contributed by atoms with E-state index in [1.54, 1.807) is 6.20 Å². The van der Waals surface area contributed by atoms with Crippen LogP contribution in [0.5, 0.6) is 0 Å². The van der Waals surface area contributed by atoms with Crippen LogP contribution >= 0.6 is 0 Å². The van der Waals surface area contributed by atoms with Gasteiger partial charge >= 0.3 is 0 Å². The van der Waals surface area contributed by atoms with Gasteiger partial charge in [0.05, 0.1) is 17.8 Å². The third-order valence-electron chi connectivity index (χ3n) is 3.76. The van der Waals surface area contributed by atoms with E-state index in [-0.39, 0.29) is 6.04 Å². The summed E-state index contributed by atoms with van der Waals surface area (Å²) in [4.78, 5) is 15.2. The summed E-state index contributed by atoms with van der Waals surface area (Å²) in [5.41, 5.74) is 1.76. The fraction of sp³-hybridized carbons (Fsp3) is 0.200. The number of carbonyl (C=O) groups excluding carboxylic acids is 1. The van der Waals surface area contributed by atoms with E-state index in [4.69, 9.17) is 0 Å². The summed E-state index contributed by atoms with van der Waals surface area (Å²) in [6, 6.07) is 10.5. The molecule has 0 N–H and O–H groups in total. The highest BCUT2D eigenvalue weighted by molar-refractivity contribution is 5.73. The van der Waals surface area contributed by atoms with Gasteiger partial charge in [-0.15, -0.1) is 5.10 Å². The van der Waals surface area contributed by atoms with Gasteiger partial charge in [0.1, 0.15) is 5.82 Å². The minimum atomic E-state index is 0.226. The van der Waals surface area contributed by atoms with Crippen LogP contribution in [0.4, 0.5) is 0 Å². The van der Waals surface area contributed by atoms with Crippen molar-refractivity contribution in [1.82, 2.24) is 24.5 Å². The van der Waals surface area contributed by atoms with Crippen LogP contribution < -0.4 is 0 Å². The number of fused-ring (bicyclic) bond motifs is 1. The van der Waals surface area contributed by atoms with Gasteiger partial charge in [-0.25, -0.2) is 9.36 Å². The van der Waals surface area contributed by atoms with Crippen LogP contribution in [0.15, 0.2) is 42.7 Å². The molecule has 6 heteroatoms. The quantitative estimate of drug-likeness (QED) is 0.686. The first kappa shape index (κ1) is 12.0. The second kappa shape index (κ2) is 4.66. The number of hydrogen-bond acceptors (Lipinski definition) is 4. The first-order chi connectivity index (χ1) is 10.3. The lowest BCUT2D eigenvalue weighted by atomic mass is 10.1. The molecule has 0 amide bonds. The fourth-order valence-corrected chi connectivity index (χ4v) is 2.74. The average molecular weight is 279 g/mol. The smallest absolute Gasteiger partial charge is 0.269 e. The van der Waals surface area contributed by atoms with Crippen LogP contribution in [0.2, 0.25) is 0 Å². The van der Waals surface area contributed by atoms with E-state index in [9.17, 15) is 4.79 Å². The Morgan fingerprint density at radius 3 is 2.86 bits per heavy atom. The summed E-state index contributed by atoms with van der Waals surface area (Å²) in [5.74, 6) is 1.47. The number of rotatable bonds is 3. The molecule has 21 heavy (non-hydrogen) atoms. The standard InChI is InChI=1S/C15H13N5O/c21-10-11-8-16-19(9-11)15-17-14-7-6-13(20(14)18-15)12-4-2-1-3-5-12/h1-5,8-10,13H,6-7H2/t13-/m0/s1. The van der Waals surface area contributed by atoms with E-state index in [0.29, 0.717) is 11.5 Å². The maximum atomic E-state index is 10.7. The van der Waals surface area contributed by atoms with Gasteiger partial charge in [0.2, 0.25) is 0 Å². The molecule has 0 bridgehead atoms. The largest absolute Gasteiger partial charge is 0.298 e. The van der Waals surface area contributed by atoms with Gasteiger partial charge in [0.15, 0.2) is 6.29 Å². The minimum absolute atomic E-state index is 0.226. The Bertz CT molecular complexity index is 790. The average Bonchev–Trinajstić information content (AvgIpc) is 3.22. The predicted octanol–water partition coefficient (Wildman–Crippen LogP) is 1.81. The summed E-state index contributed by atoms with van der Waals surface area (Å²) >= 11 is 0. The molecule has 2 aromatic heterocycles. The Labute approximate surface area is 121 Å². The summed E-state index contributed by atoms with van der Waals surface area (Å²) in [6.45, 7) is 0. The van der Waals surface area contributed by atoms with Crippen molar-refractivity contribution in [3.63, 3.8) is 0 Å². The topological polar surface area (TPSA) is 65.6 Å². The molecule has 3 aromatic rings. The molecule has 0 spiro atoms. The molecular formula is C15H13N5O. The molecule has 1 aliphatic heterocycles. The van der Waals surface area contributed by atoms with Gasteiger partial charge in [-0.1, -0.05) is 30.3 Å². The van der Waals surface area contributed by atoms with Crippen LogP contribution in [0.3, 0.4) is 0 Å². The maximum absolute atomic E-state index is 10.7. The van der Waals surface area contributed by atoms with Crippen molar-refractivity contribution in [2.45, 2.75) is 18.9 Å². The number of hydrogen-bond donors (Lipinski definition) is 0. The fourth-order valence-electron chi connectivity index (χ4n) is 2.74. The van der Waals surface area contributed by atoms with Gasteiger partial charge < -0.3 is 0 Å². The summed E-state index contributed by atoms with van der Waals surface area (Å²) < 4.78 is 3.50. The molecule has 3 heterocycles. The second-order valence-electron chi connectivity index (χ2n) is 5.07. The van der Waals surface area contributed by atoms with Crippen LogP contribution in [0.1, 0.15) is 34.2 Å². The molecule has 0 saturated heterocycles. The summed E-state index contributed by atoms with van der Waals surface area (Å²) in [5, 5.41) is 8.67. The van der Waals surface area contributed by atoms with E-state index >= 15 is 0 Å². The van der Waals surface area contributed by atoms with Crippen LogP contribution in [-0.4, -0.2) is 30.8 Å². The van der Waals surface area contributed by atoms with Crippen molar-refractivity contribution in [3.05, 3.63) is 59.7 Å². The van der Waals surface area contributed by atoms with E-state index in [2.05, 4.69) is 27.3 Å². The molecule has 0 radical (unpaired) electrons. The van der Waals surface area contributed by atoms with Crippen molar-refractivity contribution >= 4 is 6.29 Å². The highest BCUT2D eigenvalue weighted by Gasteiger charge is 2.27. The molecule has 0 aliphatic carbocycles. The number of aldehydes is 1. The number of aryl methyl sites for hydroxylation is 1. The molecular weight excluding hydrogens is 266 g/mol. The molecule has 6 nitrogen and oxygen atoms in total. The molecule has 1 aromatic carbocycles. The number of nitrogens with zero attached hydrogens (tertiary/aromatic N) is 5. The number of aromatic nitrogens is 5. The third-order valence-corrected chi connectivity index (χ3v) is 3.76. The van der Waals surface area contributed by atoms with Crippen molar-refractivity contribution in [2.75, 3.05) is 0 Å². The molecule has 1 aliphatic rings. The zero-order valence-electron chi connectivity index (χ0n) is 11.3. The number of benzene rings is 1. The monoisotopic (exact) mass is 279 g/mol. The summed E-state index contributed by atoms with van der Waals surface area (Å²) in [7, 11) is 0. The molecule has 0 saturated carbocycles. The van der Waals surface area contributed by atoms with E-state index < -0.39 is 0 Å². The Hall–Kier alpha value is -2.76. The van der Waals surface area contributed by atoms with E-state index in [1.165, 1.54) is 16.4 Å². The first-order valence-corrected chi connectivity index (χ1v) is 6.86. The molecule has 0 fully saturated rings. The highest BCUT2D eigenvalue weighted by atomic mass is 16.1. The maximum Gasteiger partial charge on any atom is 0.269 e. The second-order valence-corrected chi connectivity index (χ2v) is 5.07. The van der Waals surface area contributed by atoms with Crippen molar-refractivity contribution < 1.29 is 4.79 Å². The van der Waals surface area contributed by atoms with E-state index in [0.717, 1.165) is 25.0 Å². The van der Waals surface area contributed by atoms with Crippen LogP contribution in [0.25, 0.3) is 5.95 Å². The zero-order chi connectivity index (χ0) is 14.2. The Morgan fingerprint density at radius 2 is 2.10 bits per heavy atom. The highest BCUT2D eigenvalue weighted by Crippen LogP contribution is 2.30. The Morgan fingerprint density at radius 1 is 1.24 bits per heavy atom. The minimum Gasteiger partial charge on any atom is -0.298 e. The van der Waals surface area contributed by atoms with Gasteiger partial charge in [0, 0.05) is 12.6 Å². The normalized spacial score (nSPS) is 16.9. The van der Waals surface area contributed by atoms with E-state index in [1.807, 2.05) is 22.9 Å². The first-order valence-electron chi connectivity index (χ1n) is 6.86. The lowest BCUT2D eigenvalue weighted by Crippen LogP contribution is -2.08. The van der Waals surface area contributed by atoms with Gasteiger partial charge in [-0.3, -0.25) is 4.79 Å². The summed E-state index contributed by atoms with van der Waals surface area (Å²) in [6.07, 6.45) is 5.82. The SMILES string of the molecule is O=Cc1cnn(-c2nc3n(n2)[C@H](c2ccccc2)CC3)c1. The van der Waals surface area contributed by atoms with Crippen molar-refractivity contribution in [2.24, 2.45) is 0 Å². The zero-order valence-corrected chi connectivity index (χ0v) is 11.3. The lowest BCUT2D eigenvalue weighted by molar-refractivity contribution is 0.112. The molecule has 0 unspecified atom stereocenters. The Kier molecular flexibility index (Phi) is 2.67. The van der Waals surface area contributed by atoms with Gasteiger partial charge in [0.25, 0.3) is 5.95 Å². The third kappa shape index (κ3) is 1.96. The molecule has 4 rings (SSSR count). The van der Waals surface area contributed by atoms with Crippen LogP contribution in [0, 0.1) is 0 Å². The van der Waals surface area contributed by atoms with Gasteiger partial charge in [-0.2, -0.15) is 10.1 Å². The van der Waals surface area contributed by atoms with Crippen molar-refractivity contribution in [1.29, 1.82) is 0 Å². The molecule has 1 atom stereocenters. The predicted molar refractivity (Wildman–Crippen MR) is 75.4 cm³/mol. The van der Waals surface area contributed by atoms with Crippen LogP contribution in [-0.2, 0) is 6.42 Å². The number of carbonyl (C=O) groups is 1. The van der Waals surface area contributed by atoms with Crippen molar-refractivity contribution in [3.8, 4) is 5.95 Å². The lowest BCUT2D eigenvalue weighted by Gasteiger charge is -2.11. The Balaban J connectivity index is 1.72. The molecule has 104 valence electrons.